The van der Waals surface area contributed by atoms with Gasteiger partial charge in [-0.25, -0.2) is 4.79 Å². The molecule has 20 heavy (non-hydrogen) atoms. The van der Waals surface area contributed by atoms with Gasteiger partial charge in [0.05, 0.1) is 0 Å². The molecule has 0 spiro atoms. The summed E-state index contributed by atoms with van der Waals surface area (Å²) in [6.07, 6.45) is -5.14. The molecule has 0 radical (unpaired) electrons. The third-order valence-corrected chi connectivity index (χ3v) is 2.66. The lowest BCUT2D eigenvalue weighted by Gasteiger charge is -2.39. The first kappa shape index (κ1) is 16.6. The largest absolute Gasteiger partial charge is 0.444 e. The van der Waals surface area contributed by atoms with Gasteiger partial charge in [0, 0.05) is 12.6 Å². The lowest BCUT2D eigenvalue weighted by molar-refractivity contribution is -0.170. The molecule has 116 valence electrons. The number of piperazine rings is 1. The monoisotopic (exact) mass is 296 g/mol. The van der Waals surface area contributed by atoms with Gasteiger partial charge in [-0.2, -0.15) is 13.2 Å². The molecule has 0 N–H and O–H groups in total. The van der Waals surface area contributed by atoms with E-state index >= 15 is 0 Å². The van der Waals surface area contributed by atoms with E-state index in [1.54, 1.807) is 20.8 Å². The maximum Gasteiger partial charge on any atom is 0.410 e. The fourth-order valence-electron chi connectivity index (χ4n) is 1.88. The fourth-order valence-corrected chi connectivity index (χ4v) is 1.88. The standard InChI is InChI=1S/C12H19F3N2O3/c1-8-5-16(10(19)20-11(2,3)4)6-9(18)17(8)7-12(13,14)15/h8H,5-7H2,1-4H3/t8-/m1/s1. The molecule has 0 saturated carbocycles. The third kappa shape index (κ3) is 4.90. The molecule has 1 saturated heterocycles. The van der Waals surface area contributed by atoms with Crippen molar-refractivity contribution in [3.05, 3.63) is 0 Å². The second-order valence-corrected chi connectivity index (χ2v) is 5.85. The molecule has 1 atom stereocenters. The smallest absolute Gasteiger partial charge is 0.410 e. The number of hydrogen-bond acceptors (Lipinski definition) is 3. The van der Waals surface area contributed by atoms with Crippen LogP contribution in [0.15, 0.2) is 0 Å². The van der Waals surface area contributed by atoms with Crippen molar-refractivity contribution in [3.8, 4) is 0 Å². The summed E-state index contributed by atoms with van der Waals surface area (Å²) in [4.78, 5) is 25.4. The highest BCUT2D eigenvalue weighted by molar-refractivity contribution is 5.84. The minimum atomic E-state index is -4.45. The van der Waals surface area contributed by atoms with Gasteiger partial charge < -0.3 is 9.64 Å². The number of hydrogen-bond donors (Lipinski definition) is 0. The normalized spacial score (nSPS) is 21.1. The zero-order valence-corrected chi connectivity index (χ0v) is 12.0. The van der Waals surface area contributed by atoms with Crippen LogP contribution >= 0.6 is 0 Å². The quantitative estimate of drug-likeness (QED) is 0.744. The van der Waals surface area contributed by atoms with Crippen LogP contribution in [0.2, 0.25) is 0 Å². The molecule has 0 aromatic carbocycles. The van der Waals surface area contributed by atoms with E-state index in [2.05, 4.69) is 0 Å². The van der Waals surface area contributed by atoms with Gasteiger partial charge in [0.15, 0.2) is 0 Å². The second-order valence-electron chi connectivity index (χ2n) is 5.85. The SMILES string of the molecule is C[C@@H]1CN(C(=O)OC(C)(C)C)CC(=O)N1CC(F)(F)F. The van der Waals surface area contributed by atoms with Gasteiger partial charge in [0.25, 0.3) is 0 Å². The van der Waals surface area contributed by atoms with Gasteiger partial charge in [-0.15, -0.1) is 0 Å². The molecule has 1 heterocycles. The Bertz CT molecular complexity index is 390. The molecule has 0 bridgehead atoms. The predicted molar refractivity (Wildman–Crippen MR) is 65.0 cm³/mol. The Balaban J connectivity index is 2.69. The Morgan fingerprint density at radius 1 is 1.35 bits per heavy atom. The van der Waals surface area contributed by atoms with Crippen molar-refractivity contribution >= 4 is 12.0 Å². The first-order valence-corrected chi connectivity index (χ1v) is 6.23. The lowest BCUT2D eigenvalue weighted by atomic mass is 10.2. The molecule has 1 fully saturated rings. The van der Waals surface area contributed by atoms with Gasteiger partial charge in [0.2, 0.25) is 5.91 Å². The van der Waals surface area contributed by atoms with Gasteiger partial charge in [0.1, 0.15) is 18.7 Å². The number of rotatable bonds is 1. The number of ether oxygens (including phenoxy) is 1. The second kappa shape index (κ2) is 5.49. The molecular weight excluding hydrogens is 277 g/mol. The first-order valence-electron chi connectivity index (χ1n) is 6.23. The Morgan fingerprint density at radius 3 is 2.30 bits per heavy atom. The van der Waals surface area contributed by atoms with Crippen LogP contribution in [-0.2, 0) is 9.53 Å². The zero-order chi connectivity index (χ0) is 15.7. The highest BCUT2D eigenvalue weighted by atomic mass is 19.4. The molecule has 0 unspecified atom stereocenters. The molecule has 2 amide bonds. The van der Waals surface area contributed by atoms with Crippen molar-refractivity contribution in [3.63, 3.8) is 0 Å². The van der Waals surface area contributed by atoms with Crippen LogP contribution in [0.3, 0.4) is 0 Å². The van der Waals surface area contributed by atoms with Crippen molar-refractivity contribution in [1.82, 2.24) is 9.80 Å². The van der Waals surface area contributed by atoms with Crippen LogP contribution in [0.1, 0.15) is 27.7 Å². The van der Waals surface area contributed by atoms with Crippen molar-refractivity contribution in [1.29, 1.82) is 0 Å². The predicted octanol–water partition coefficient (Wildman–Crippen LogP) is 2.02. The van der Waals surface area contributed by atoms with Gasteiger partial charge in [-0.3, -0.25) is 9.69 Å². The molecular formula is C12H19F3N2O3. The summed E-state index contributed by atoms with van der Waals surface area (Å²) in [7, 11) is 0. The summed E-state index contributed by atoms with van der Waals surface area (Å²) >= 11 is 0. The molecule has 1 aliphatic rings. The van der Waals surface area contributed by atoms with E-state index in [0.29, 0.717) is 0 Å². The van der Waals surface area contributed by atoms with Gasteiger partial charge >= 0.3 is 12.3 Å². The average molecular weight is 296 g/mol. The van der Waals surface area contributed by atoms with Crippen molar-refractivity contribution < 1.29 is 27.5 Å². The van der Waals surface area contributed by atoms with Crippen LogP contribution in [0.4, 0.5) is 18.0 Å². The van der Waals surface area contributed by atoms with E-state index in [0.717, 1.165) is 9.80 Å². The summed E-state index contributed by atoms with van der Waals surface area (Å²) in [6, 6.07) is -0.703. The Hall–Kier alpha value is -1.47. The number of carbonyl (C=O) groups excluding carboxylic acids is 2. The first-order chi connectivity index (χ1) is 8.89. The highest BCUT2D eigenvalue weighted by Gasteiger charge is 2.40. The lowest BCUT2D eigenvalue weighted by Crippen LogP contribution is -2.59. The Labute approximate surface area is 115 Å². The fraction of sp³-hybridized carbons (Fsp3) is 0.833. The molecule has 5 nitrogen and oxygen atoms in total. The molecule has 0 aromatic rings. The summed E-state index contributed by atoms with van der Waals surface area (Å²) < 4.78 is 42.2. The number of amides is 2. The van der Waals surface area contributed by atoms with Crippen LogP contribution < -0.4 is 0 Å². The minimum Gasteiger partial charge on any atom is -0.444 e. The van der Waals surface area contributed by atoms with Crippen molar-refractivity contribution in [2.75, 3.05) is 19.6 Å². The van der Waals surface area contributed by atoms with Crippen LogP contribution in [0.5, 0.6) is 0 Å². The summed E-state index contributed by atoms with van der Waals surface area (Å²) in [5, 5.41) is 0. The van der Waals surface area contributed by atoms with Crippen molar-refractivity contribution in [2.24, 2.45) is 0 Å². The van der Waals surface area contributed by atoms with E-state index in [-0.39, 0.29) is 6.54 Å². The highest BCUT2D eigenvalue weighted by Crippen LogP contribution is 2.21. The summed E-state index contributed by atoms with van der Waals surface area (Å²) in [5.41, 5.74) is -0.716. The third-order valence-electron chi connectivity index (χ3n) is 2.66. The molecule has 8 heteroatoms. The van der Waals surface area contributed by atoms with E-state index in [1.807, 2.05) is 0 Å². The number of alkyl halides is 3. The minimum absolute atomic E-state index is 0.0245. The molecule has 0 aromatic heterocycles. The average Bonchev–Trinajstić information content (AvgIpc) is 2.19. The Kier molecular flexibility index (Phi) is 4.55. The van der Waals surface area contributed by atoms with Crippen molar-refractivity contribution in [2.45, 2.75) is 45.5 Å². The van der Waals surface area contributed by atoms with Crippen LogP contribution in [0, 0.1) is 0 Å². The van der Waals surface area contributed by atoms with E-state index < -0.39 is 42.9 Å². The topological polar surface area (TPSA) is 49.9 Å². The van der Waals surface area contributed by atoms with Crippen LogP contribution in [-0.4, -0.2) is 59.3 Å². The van der Waals surface area contributed by atoms with E-state index in [1.165, 1.54) is 6.92 Å². The number of nitrogens with zero attached hydrogens (tertiary/aromatic N) is 2. The van der Waals surface area contributed by atoms with Gasteiger partial charge in [-0.05, 0) is 27.7 Å². The van der Waals surface area contributed by atoms with Gasteiger partial charge in [-0.1, -0.05) is 0 Å². The molecule has 0 aliphatic carbocycles. The summed E-state index contributed by atoms with van der Waals surface area (Å²) in [5.74, 6) is -0.730. The maximum absolute atomic E-state index is 12.4. The number of carbonyl (C=O) groups is 2. The maximum atomic E-state index is 12.4. The van der Waals surface area contributed by atoms with E-state index in [9.17, 15) is 22.8 Å². The molecule has 1 rings (SSSR count). The number of halogens is 3. The zero-order valence-electron chi connectivity index (χ0n) is 12.0. The Morgan fingerprint density at radius 2 is 1.90 bits per heavy atom. The molecule has 1 aliphatic heterocycles. The summed E-state index contributed by atoms with van der Waals surface area (Å²) in [6.45, 7) is 4.84. The van der Waals surface area contributed by atoms with Crippen LogP contribution in [0.25, 0.3) is 0 Å². The van der Waals surface area contributed by atoms with E-state index in [4.69, 9.17) is 4.74 Å².